The molecule has 0 aliphatic heterocycles. The van der Waals surface area contributed by atoms with Crippen LogP contribution in [0.25, 0.3) is 44.0 Å². The SMILES string of the molecule is Nc1c(/N=N/c2ccc(-c3cccc4c3oc3ccccc34)nc2)cc(S(=O)(=O)O)c2ccccc12. The second-order valence-corrected chi connectivity index (χ2v) is 9.60. The molecular weight excluding hydrogens is 476 g/mol. The van der Waals surface area contributed by atoms with Gasteiger partial charge in [-0.2, -0.15) is 8.42 Å². The molecule has 4 aromatic carbocycles. The lowest BCUT2D eigenvalue weighted by Gasteiger charge is -2.09. The van der Waals surface area contributed by atoms with Gasteiger partial charge in [-0.3, -0.25) is 9.54 Å². The molecule has 0 saturated heterocycles. The van der Waals surface area contributed by atoms with Crippen molar-refractivity contribution in [2.24, 2.45) is 10.2 Å². The lowest BCUT2D eigenvalue weighted by molar-refractivity contribution is 0.484. The molecule has 0 fully saturated rings. The van der Waals surface area contributed by atoms with Crippen LogP contribution in [0, 0.1) is 0 Å². The summed E-state index contributed by atoms with van der Waals surface area (Å²) in [6.07, 6.45) is 1.56. The number of nitrogen functional groups attached to an aromatic ring is 1. The van der Waals surface area contributed by atoms with Crippen molar-refractivity contribution in [2.45, 2.75) is 4.90 Å². The summed E-state index contributed by atoms with van der Waals surface area (Å²) in [6.45, 7) is 0. The zero-order valence-electron chi connectivity index (χ0n) is 18.7. The molecule has 2 aromatic heterocycles. The van der Waals surface area contributed by atoms with Gasteiger partial charge in [0.15, 0.2) is 0 Å². The van der Waals surface area contributed by atoms with E-state index in [1.165, 1.54) is 6.07 Å². The highest BCUT2D eigenvalue weighted by Gasteiger charge is 2.18. The molecule has 6 aromatic rings. The molecule has 0 bridgehead atoms. The number of hydrogen-bond acceptors (Lipinski definition) is 7. The average molecular weight is 495 g/mol. The van der Waals surface area contributed by atoms with E-state index in [1.807, 2.05) is 48.5 Å². The Balaban J connectivity index is 1.38. The van der Waals surface area contributed by atoms with E-state index in [-0.39, 0.29) is 16.3 Å². The zero-order valence-corrected chi connectivity index (χ0v) is 19.5. The minimum Gasteiger partial charge on any atom is -0.455 e. The van der Waals surface area contributed by atoms with E-state index >= 15 is 0 Å². The Morgan fingerprint density at radius 2 is 1.53 bits per heavy atom. The molecule has 0 aliphatic carbocycles. The Morgan fingerprint density at radius 1 is 0.806 bits per heavy atom. The van der Waals surface area contributed by atoms with Crippen LogP contribution in [-0.2, 0) is 10.1 Å². The van der Waals surface area contributed by atoms with Crippen molar-refractivity contribution in [1.29, 1.82) is 0 Å². The Labute approximate surface area is 205 Å². The van der Waals surface area contributed by atoms with Gasteiger partial charge in [0.1, 0.15) is 27.4 Å². The number of hydrogen-bond donors (Lipinski definition) is 2. The van der Waals surface area contributed by atoms with Crippen molar-refractivity contribution in [2.75, 3.05) is 5.73 Å². The first kappa shape index (κ1) is 21.9. The van der Waals surface area contributed by atoms with Gasteiger partial charge < -0.3 is 10.2 Å². The van der Waals surface area contributed by atoms with Crippen molar-refractivity contribution in [3.8, 4) is 11.3 Å². The number of fused-ring (bicyclic) bond motifs is 4. The van der Waals surface area contributed by atoms with E-state index in [1.54, 1.807) is 36.5 Å². The fourth-order valence-corrected chi connectivity index (χ4v) is 5.03. The fraction of sp³-hybridized carbons (Fsp3) is 0. The summed E-state index contributed by atoms with van der Waals surface area (Å²) in [4.78, 5) is 4.25. The van der Waals surface area contributed by atoms with E-state index in [2.05, 4.69) is 15.2 Å². The number of benzene rings is 4. The molecule has 2 heterocycles. The first-order valence-electron chi connectivity index (χ1n) is 11.0. The topological polar surface area (TPSA) is 131 Å². The third-order valence-electron chi connectivity index (χ3n) is 6.01. The predicted molar refractivity (Wildman–Crippen MR) is 139 cm³/mol. The molecule has 0 unspecified atom stereocenters. The third kappa shape index (κ3) is 3.67. The van der Waals surface area contributed by atoms with Crippen molar-refractivity contribution in [3.05, 3.63) is 91.1 Å². The van der Waals surface area contributed by atoms with Gasteiger partial charge in [-0.05, 0) is 30.3 Å². The highest BCUT2D eigenvalue weighted by Crippen LogP contribution is 2.38. The first-order valence-corrected chi connectivity index (χ1v) is 12.4. The van der Waals surface area contributed by atoms with Gasteiger partial charge in [0, 0.05) is 27.1 Å². The van der Waals surface area contributed by atoms with E-state index in [9.17, 15) is 13.0 Å². The van der Waals surface area contributed by atoms with Crippen LogP contribution in [0.2, 0.25) is 0 Å². The summed E-state index contributed by atoms with van der Waals surface area (Å²) in [5.41, 5.74) is 10.2. The van der Waals surface area contributed by atoms with E-state index in [0.29, 0.717) is 22.2 Å². The molecule has 176 valence electrons. The van der Waals surface area contributed by atoms with Crippen molar-refractivity contribution in [1.82, 2.24) is 4.98 Å². The summed E-state index contributed by atoms with van der Waals surface area (Å²) in [5, 5.41) is 11.1. The van der Waals surface area contributed by atoms with Gasteiger partial charge in [-0.1, -0.05) is 54.6 Å². The van der Waals surface area contributed by atoms with E-state index in [0.717, 1.165) is 27.5 Å². The highest BCUT2D eigenvalue weighted by atomic mass is 32.2. The minimum atomic E-state index is -4.49. The molecular formula is C27H18N4O4S. The maximum Gasteiger partial charge on any atom is 0.295 e. The lowest BCUT2D eigenvalue weighted by Crippen LogP contribution is -2.01. The lowest BCUT2D eigenvalue weighted by atomic mass is 10.1. The van der Waals surface area contributed by atoms with Gasteiger partial charge in [0.05, 0.1) is 17.6 Å². The van der Waals surface area contributed by atoms with E-state index in [4.69, 9.17) is 10.2 Å². The molecule has 3 N–H and O–H groups in total. The number of nitrogens with zero attached hydrogens (tertiary/aromatic N) is 3. The second-order valence-electron chi connectivity index (χ2n) is 8.21. The van der Waals surface area contributed by atoms with Crippen LogP contribution in [-0.4, -0.2) is 18.0 Å². The Bertz CT molecular complexity index is 1930. The van der Waals surface area contributed by atoms with Crippen molar-refractivity contribution in [3.63, 3.8) is 0 Å². The Kier molecular flexibility index (Phi) is 5.03. The van der Waals surface area contributed by atoms with Crippen LogP contribution < -0.4 is 5.73 Å². The quantitative estimate of drug-likeness (QED) is 0.153. The van der Waals surface area contributed by atoms with Crippen LogP contribution in [0.15, 0.2) is 111 Å². The van der Waals surface area contributed by atoms with Gasteiger partial charge in [-0.25, -0.2) is 0 Å². The molecule has 0 saturated carbocycles. The summed E-state index contributed by atoms with van der Waals surface area (Å²) >= 11 is 0. The zero-order chi connectivity index (χ0) is 24.9. The fourth-order valence-electron chi connectivity index (χ4n) is 4.31. The Morgan fingerprint density at radius 3 is 2.28 bits per heavy atom. The molecule has 0 amide bonds. The standard InChI is InChI=1S/C27H18N4O4S/c28-26-19-8-2-1-7-18(19)25(36(32,33)34)14-23(26)31-30-16-12-13-22(29-15-16)21-10-5-9-20-17-6-3-4-11-24(17)35-27(20)21/h1-15H,28H2,(H,32,33,34)/b31-30+. The normalized spacial score (nSPS) is 12.2. The number of azo groups is 1. The number of anilines is 1. The molecule has 6 rings (SSSR count). The summed E-state index contributed by atoms with van der Waals surface area (Å²) in [5.74, 6) is 0. The maximum atomic E-state index is 11.9. The molecule has 0 aliphatic rings. The average Bonchev–Trinajstić information content (AvgIpc) is 3.27. The number of furan rings is 1. The predicted octanol–water partition coefficient (Wildman–Crippen LogP) is 7.05. The maximum absolute atomic E-state index is 11.9. The van der Waals surface area contributed by atoms with Crippen LogP contribution in [0.3, 0.4) is 0 Å². The van der Waals surface area contributed by atoms with Crippen LogP contribution in [0.5, 0.6) is 0 Å². The van der Waals surface area contributed by atoms with Crippen molar-refractivity contribution >= 4 is 59.9 Å². The van der Waals surface area contributed by atoms with Crippen LogP contribution in [0.4, 0.5) is 17.1 Å². The number of rotatable bonds is 4. The number of para-hydroxylation sites is 2. The van der Waals surface area contributed by atoms with Gasteiger partial charge in [0.2, 0.25) is 0 Å². The van der Waals surface area contributed by atoms with Gasteiger partial charge in [0.25, 0.3) is 10.1 Å². The number of aromatic nitrogens is 1. The second kappa shape index (κ2) is 8.26. The third-order valence-corrected chi connectivity index (χ3v) is 6.90. The molecule has 0 atom stereocenters. The summed E-state index contributed by atoms with van der Waals surface area (Å²) in [6, 6.07) is 25.2. The largest absolute Gasteiger partial charge is 0.455 e. The highest BCUT2D eigenvalue weighted by molar-refractivity contribution is 7.86. The monoisotopic (exact) mass is 494 g/mol. The minimum absolute atomic E-state index is 0.123. The smallest absolute Gasteiger partial charge is 0.295 e. The van der Waals surface area contributed by atoms with Crippen LogP contribution in [0.1, 0.15) is 0 Å². The Hall–Kier alpha value is -4.60. The number of pyridine rings is 1. The number of nitrogens with two attached hydrogens (primary N) is 1. The summed E-state index contributed by atoms with van der Waals surface area (Å²) < 4.78 is 39.6. The molecule has 36 heavy (non-hydrogen) atoms. The van der Waals surface area contributed by atoms with Crippen LogP contribution >= 0.6 is 0 Å². The molecule has 9 heteroatoms. The molecule has 0 radical (unpaired) electrons. The molecule has 0 spiro atoms. The van der Waals surface area contributed by atoms with Crippen molar-refractivity contribution < 1.29 is 17.4 Å². The summed E-state index contributed by atoms with van der Waals surface area (Å²) in [7, 11) is -4.49. The first-order chi connectivity index (χ1) is 17.4. The molecule has 8 nitrogen and oxygen atoms in total. The van der Waals surface area contributed by atoms with E-state index < -0.39 is 10.1 Å². The van der Waals surface area contributed by atoms with Gasteiger partial charge in [-0.15, -0.1) is 10.2 Å². The van der Waals surface area contributed by atoms with Gasteiger partial charge >= 0.3 is 0 Å².